The second-order valence-corrected chi connectivity index (χ2v) is 5.13. The van der Waals surface area contributed by atoms with Crippen molar-refractivity contribution < 1.29 is 5.11 Å². The first kappa shape index (κ1) is 13.2. The van der Waals surface area contributed by atoms with Gasteiger partial charge in [-0.1, -0.05) is 12.2 Å². The largest absolute Gasteiger partial charge is 0.395 e. The fraction of sp³-hybridized carbons (Fsp3) is 0.538. The Hall–Kier alpha value is -1.20. The highest BCUT2D eigenvalue weighted by Crippen LogP contribution is 2.30. The number of aromatic nitrogens is 1. The highest BCUT2D eigenvalue weighted by atomic mass is 32.1. The summed E-state index contributed by atoms with van der Waals surface area (Å²) >= 11 is 5.09. The van der Waals surface area contributed by atoms with Gasteiger partial charge in [0, 0.05) is 18.3 Å². The van der Waals surface area contributed by atoms with E-state index >= 15 is 0 Å². The zero-order valence-corrected chi connectivity index (χ0v) is 11.4. The van der Waals surface area contributed by atoms with Gasteiger partial charge in [0.15, 0.2) is 0 Å². The number of anilines is 1. The van der Waals surface area contributed by atoms with Crippen molar-refractivity contribution >= 4 is 23.0 Å². The lowest BCUT2D eigenvalue weighted by Crippen LogP contribution is -2.43. The molecule has 98 valence electrons. The van der Waals surface area contributed by atoms with Gasteiger partial charge in [0.1, 0.15) is 10.8 Å². The smallest absolute Gasteiger partial charge is 0.139 e. The molecule has 2 rings (SSSR count). The molecule has 3 N–H and O–H groups in total. The number of rotatable bonds is 5. The SMILES string of the molecule is Cc1ccc(C(N)=S)c(N(CCO)C2CCC2)n1. The quantitative estimate of drug-likeness (QED) is 0.788. The number of aryl methyl sites for hydroxylation is 1. The zero-order valence-electron chi connectivity index (χ0n) is 10.6. The molecule has 18 heavy (non-hydrogen) atoms. The lowest BCUT2D eigenvalue weighted by atomic mass is 9.91. The Morgan fingerprint density at radius 1 is 1.56 bits per heavy atom. The van der Waals surface area contributed by atoms with Crippen molar-refractivity contribution in [3.63, 3.8) is 0 Å². The highest BCUT2D eigenvalue weighted by Gasteiger charge is 2.27. The van der Waals surface area contributed by atoms with Crippen LogP contribution in [0.2, 0.25) is 0 Å². The number of hydrogen-bond donors (Lipinski definition) is 2. The van der Waals surface area contributed by atoms with E-state index in [1.165, 1.54) is 6.42 Å². The Morgan fingerprint density at radius 2 is 2.28 bits per heavy atom. The van der Waals surface area contributed by atoms with E-state index in [9.17, 15) is 5.11 Å². The van der Waals surface area contributed by atoms with Crippen molar-refractivity contribution in [3.8, 4) is 0 Å². The number of aliphatic hydroxyl groups excluding tert-OH is 1. The molecular formula is C13H19N3OS. The second-order valence-electron chi connectivity index (χ2n) is 4.69. The monoisotopic (exact) mass is 265 g/mol. The van der Waals surface area contributed by atoms with Gasteiger partial charge in [-0.3, -0.25) is 0 Å². The van der Waals surface area contributed by atoms with Gasteiger partial charge in [0.2, 0.25) is 0 Å². The van der Waals surface area contributed by atoms with Gasteiger partial charge in [0.25, 0.3) is 0 Å². The van der Waals surface area contributed by atoms with Gasteiger partial charge in [0.05, 0.1) is 12.2 Å². The molecule has 0 atom stereocenters. The molecule has 0 saturated heterocycles. The normalized spacial score (nSPS) is 15.2. The van der Waals surface area contributed by atoms with Crippen LogP contribution in [-0.4, -0.2) is 34.3 Å². The van der Waals surface area contributed by atoms with E-state index in [1.807, 2.05) is 19.1 Å². The molecule has 0 unspecified atom stereocenters. The van der Waals surface area contributed by atoms with E-state index < -0.39 is 0 Å². The maximum absolute atomic E-state index is 9.23. The van der Waals surface area contributed by atoms with E-state index in [0.29, 0.717) is 17.6 Å². The predicted molar refractivity (Wildman–Crippen MR) is 76.9 cm³/mol. The summed E-state index contributed by atoms with van der Waals surface area (Å²) in [6.45, 7) is 2.64. The molecule has 0 radical (unpaired) electrons. The number of nitrogens with zero attached hydrogens (tertiary/aromatic N) is 2. The number of pyridine rings is 1. The third-order valence-electron chi connectivity index (χ3n) is 3.41. The first-order valence-electron chi connectivity index (χ1n) is 6.28. The van der Waals surface area contributed by atoms with E-state index in [1.54, 1.807) is 0 Å². The van der Waals surface area contributed by atoms with Gasteiger partial charge in [-0.2, -0.15) is 0 Å². The summed E-state index contributed by atoms with van der Waals surface area (Å²) in [6, 6.07) is 4.29. The lowest BCUT2D eigenvalue weighted by Gasteiger charge is -2.39. The Balaban J connectivity index is 2.37. The average molecular weight is 265 g/mol. The number of aliphatic hydroxyl groups is 1. The molecule has 5 heteroatoms. The van der Waals surface area contributed by atoms with Crippen LogP contribution in [-0.2, 0) is 0 Å². The van der Waals surface area contributed by atoms with Gasteiger partial charge in [-0.05, 0) is 38.3 Å². The molecule has 1 saturated carbocycles. The maximum atomic E-state index is 9.23. The summed E-state index contributed by atoms with van der Waals surface area (Å²) in [4.78, 5) is 7.07. The molecule has 0 aromatic carbocycles. The minimum atomic E-state index is 0.114. The summed E-state index contributed by atoms with van der Waals surface area (Å²) in [6.07, 6.45) is 3.53. The van der Waals surface area contributed by atoms with Gasteiger partial charge in [-0.25, -0.2) is 4.98 Å². The minimum Gasteiger partial charge on any atom is -0.395 e. The molecule has 1 aliphatic rings. The molecule has 0 spiro atoms. The van der Waals surface area contributed by atoms with Crippen molar-refractivity contribution in [2.75, 3.05) is 18.1 Å². The average Bonchev–Trinajstić information content (AvgIpc) is 2.25. The fourth-order valence-corrected chi connectivity index (χ4v) is 2.38. The van der Waals surface area contributed by atoms with E-state index in [2.05, 4.69) is 9.88 Å². The van der Waals surface area contributed by atoms with Gasteiger partial charge in [-0.15, -0.1) is 0 Å². The zero-order chi connectivity index (χ0) is 13.1. The molecule has 1 aromatic rings. The van der Waals surface area contributed by atoms with Crippen LogP contribution in [0.25, 0.3) is 0 Å². The third-order valence-corrected chi connectivity index (χ3v) is 3.63. The summed E-state index contributed by atoms with van der Waals surface area (Å²) in [5, 5.41) is 9.23. The molecule has 1 heterocycles. The Bertz CT molecular complexity index is 446. The van der Waals surface area contributed by atoms with Crippen molar-refractivity contribution in [1.29, 1.82) is 0 Å². The molecular weight excluding hydrogens is 246 g/mol. The molecule has 1 aliphatic carbocycles. The molecule has 1 fully saturated rings. The van der Waals surface area contributed by atoms with Crippen molar-refractivity contribution in [3.05, 3.63) is 23.4 Å². The summed E-state index contributed by atoms with van der Waals surface area (Å²) < 4.78 is 0. The maximum Gasteiger partial charge on any atom is 0.139 e. The molecule has 4 nitrogen and oxygen atoms in total. The number of hydrogen-bond acceptors (Lipinski definition) is 4. The van der Waals surface area contributed by atoms with Crippen molar-refractivity contribution in [1.82, 2.24) is 4.98 Å². The van der Waals surface area contributed by atoms with E-state index in [4.69, 9.17) is 18.0 Å². The van der Waals surface area contributed by atoms with Crippen LogP contribution in [0.15, 0.2) is 12.1 Å². The van der Waals surface area contributed by atoms with E-state index in [0.717, 1.165) is 29.9 Å². The van der Waals surface area contributed by atoms with Crippen LogP contribution in [0.4, 0.5) is 5.82 Å². The van der Waals surface area contributed by atoms with Crippen LogP contribution in [0.3, 0.4) is 0 Å². The highest BCUT2D eigenvalue weighted by molar-refractivity contribution is 7.80. The summed E-state index contributed by atoms with van der Waals surface area (Å²) in [5.41, 5.74) is 7.50. The number of thiocarbonyl (C=S) groups is 1. The lowest BCUT2D eigenvalue weighted by molar-refractivity contribution is 0.283. The van der Waals surface area contributed by atoms with Crippen LogP contribution < -0.4 is 10.6 Å². The van der Waals surface area contributed by atoms with Gasteiger partial charge < -0.3 is 15.7 Å². The van der Waals surface area contributed by atoms with Gasteiger partial charge >= 0.3 is 0 Å². The summed E-state index contributed by atoms with van der Waals surface area (Å²) in [7, 11) is 0. The standard InChI is InChI=1S/C13H19N3OS/c1-9-5-6-11(12(14)18)13(15-9)16(7-8-17)10-3-2-4-10/h5-6,10,17H,2-4,7-8H2,1H3,(H2,14,18). The Labute approximate surface area is 113 Å². The molecule has 0 bridgehead atoms. The first-order chi connectivity index (χ1) is 8.63. The van der Waals surface area contributed by atoms with Crippen LogP contribution in [0.5, 0.6) is 0 Å². The minimum absolute atomic E-state index is 0.114. The van der Waals surface area contributed by atoms with E-state index in [-0.39, 0.29) is 6.61 Å². The summed E-state index contributed by atoms with van der Waals surface area (Å²) in [5.74, 6) is 0.821. The Morgan fingerprint density at radius 3 is 2.78 bits per heavy atom. The fourth-order valence-electron chi connectivity index (χ4n) is 2.22. The molecule has 0 aliphatic heterocycles. The van der Waals surface area contributed by atoms with Crippen LogP contribution in [0.1, 0.15) is 30.5 Å². The second kappa shape index (κ2) is 5.63. The third kappa shape index (κ3) is 2.62. The van der Waals surface area contributed by atoms with Crippen molar-refractivity contribution in [2.45, 2.75) is 32.2 Å². The number of nitrogens with two attached hydrogens (primary N) is 1. The molecule has 0 amide bonds. The molecule has 1 aromatic heterocycles. The first-order valence-corrected chi connectivity index (χ1v) is 6.69. The topological polar surface area (TPSA) is 62.4 Å². The van der Waals surface area contributed by atoms with Crippen LogP contribution >= 0.6 is 12.2 Å². The van der Waals surface area contributed by atoms with Crippen LogP contribution in [0, 0.1) is 6.92 Å². The predicted octanol–water partition coefficient (Wildman–Crippen LogP) is 1.38. The Kier molecular flexibility index (Phi) is 4.14. The van der Waals surface area contributed by atoms with Crippen molar-refractivity contribution in [2.24, 2.45) is 5.73 Å².